The van der Waals surface area contributed by atoms with Crippen LogP contribution in [-0.4, -0.2) is 55.3 Å². The summed E-state index contributed by atoms with van der Waals surface area (Å²) in [5.41, 5.74) is 2.38. The van der Waals surface area contributed by atoms with E-state index in [1.807, 2.05) is 12.1 Å². The number of hydrogen-bond donors (Lipinski definition) is 0. The molecule has 1 saturated carbocycles. The van der Waals surface area contributed by atoms with E-state index in [0.717, 1.165) is 50.0 Å². The highest BCUT2D eigenvalue weighted by atomic mass is 16.5. The molecule has 0 amide bonds. The maximum atomic E-state index is 5.52. The van der Waals surface area contributed by atoms with Gasteiger partial charge in [-0.1, -0.05) is 6.42 Å². The third-order valence-electron chi connectivity index (χ3n) is 5.78. The number of aromatic nitrogens is 2. The summed E-state index contributed by atoms with van der Waals surface area (Å²) in [6.07, 6.45) is 5.60. The summed E-state index contributed by atoms with van der Waals surface area (Å²) in [6.45, 7) is 4.83. The molecule has 0 unspecified atom stereocenters. The van der Waals surface area contributed by atoms with Crippen molar-refractivity contribution in [2.24, 2.45) is 0 Å². The number of anilines is 1. The maximum absolute atomic E-state index is 5.52. The predicted octanol–water partition coefficient (Wildman–Crippen LogP) is 3.08. The topological polar surface area (TPSA) is 50.7 Å². The van der Waals surface area contributed by atoms with Crippen LogP contribution in [0.15, 0.2) is 30.6 Å². The molecule has 1 aliphatic carbocycles. The molecule has 2 aromatic rings. The highest BCUT2D eigenvalue weighted by Crippen LogP contribution is 2.36. The fourth-order valence-corrected chi connectivity index (χ4v) is 3.84. The van der Waals surface area contributed by atoms with Crippen molar-refractivity contribution in [1.29, 1.82) is 0 Å². The number of rotatable bonds is 6. The fourth-order valence-electron chi connectivity index (χ4n) is 3.84. The van der Waals surface area contributed by atoms with E-state index in [4.69, 9.17) is 9.47 Å². The zero-order valence-corrected chi connectivity index (χ0v) is 16.2. The Labute approximate surface area is 161 Å². The molecule has 2 heterocycles. The number of methoxy groups -OCH3 is 2. The molecule has 1 aromatic heterocycles. The third kappa shape index (κ3) is 4.00. The summed E-state index contributed by atoms with van der Waals surface area (Å²) in [6, 6.07) is 8.19. The number of piperazine rings is 1. The highest BCUT2D eigenvalue weighted by molar-refractivity contribution is 5.42. The Bertz CT molecular complexity index is 771. The minimum atomic E-state index is 0.647. The van der Waals surface area contributed by atoms with Crippen molar-refractivity contribution in [2.45, 2.75) is 31.7 Å². The Kier molecular flexibility index (Phi) is 5.43. The Balaban J connectivity index is 1.38. The lowest BCUT2D eigenvalue weighted by Gasteiger charge is -2.36. The Morgan fingerprint density at radius 3 is 2.48 bits per heavy atom. The van der Waals surface area contributed by atoms with Gasteiger partial charge < -0.3 is 14.4 Å². The van der Waals surface area contributed by atoms with Gasteiger partial charge in [-0.15, -0.1) is 0 Å². The van der Waals surface area contributed by atoms with E-state index in [1.54, 1.807) is 20.5 Å². The van der Waals surface area contributed by atoms with Gasteiger partial charge in [-0.3, -0.25) is 4.90 Å². The molecule has 27 heavy (non-hydrogen) atoms. The van der Waals surface area contributed by atoms with E-state index in [1.165, 1.54) is 30.5 Å². The smallest absolute Gasteiger partial charge is 0.132 e. The summed E-state index contributed by atoms with van der Waals surface area (Å²) in [4.78, 5) is 13.8. The second kappa shape index (κ2) is 8.13. The maximum Gasteiger partial charge on any atom is 0.132 e. The van der Waals surface area contributed by atoms with Crippen molar-refractivity contribution < 1.29 is 9.47 Å². The first-order chi connectivity index (χ1) is 13.3. The second-order valence-corrected chi connectivity index (χ2v) is 7.37. The lowest BCUT2D eigenvalue weighted by molar-refractivity contribution is 0.245. The van der Waals surface area contributed by atoms with E-state index in [0.29, 0.717) is 5.92 Å². The van der Waals surface area contributed by atoms with Gasteiger partial charge in [0.25, 0.3) is 0 Å². The summed E-state index contributed by atoms with van der Waals surface area (Å²) in [5.74, 6) is 3.51. The van der Waals surface area contributed by atoms with Crippen molar-refractivity contribution in [1.82, 2.24) is 14.9 Å². The van der Waals surface area contributed by atoms with Crippen LogP contribution in [0.25, 0.3) is 0 Å². The van der Waals surface area contributed by atoms with E-state index in [9.17, 15) is 0 Å². The Morgan fingerprint density at radius 1 is 1.00 bits per heavy atom. The molecule has 0 spiro atoms. The molecule has 0 atom stereocenters. The number of nitrogens with zero attached hydrogens (tertiary/aromatic N) is 4. The van der Waals surface area contributed by atoms with Crippen LogP contribution in [0.2, 0.25) is 0 Å². The van der Waals surface area contributed by atoms with Crippen molar-refractivity contribution in [3.8, 4) is 11.5 Å². The van der Waals surface area contributed by atoms with Crippen LogP contribution in [0.5, 0.6) is 11.5 Å². The molecule has 2 fully saturated rings. The summed E-state index contributed by atoms with van der Waals surface area (Å²) >= 11 is 0. The molecular formula is C21H28N4O2. The van der Waals surface area contributed by atoms with Crippen LogP contribution in [0, 0.1) is 0 Å². The lowest BCUT2D eigenvalue weighted by atomic mass is 9.83. The van der Waals surface area contributed by atoms with Crippen LogP contribution in [0.1, 0.15) is 36.4 Å². The average Bonchev–Trinajstić information content (AvgIpc) is 2.67. The van der Waals surface area contributed by atoms with Gasteiger partial charge in [-0.05, 0) is 31.0 Å². The van der Waals surface area contributed by atoms with Gasteiger partial charge in [0.1, 0.15) is 23.6 Å². The number of benzene rings is 1. The predicted molar refractivity (Wildman–Crippen MR) is 106 cm³/mol. The molecule has 4 rings (SSSR count). The molecule has 1 saturated heterocycles. The fraction of sp³-hybridized carbons (Fsp3) is 0.524. The Hall–Kier alpha value is -2.34. The molecule has 0 bridgehead atoms. The van der Waals surface area contributed by atoms with Gasteiger partial charge in [0.2, 0.25) is 0 Å². The monoisotopic (exact) mass is 368 g/mol. The van der Waals surface area contributed by atoms with Crippen molar-refractivity contribution in [3.63, 3.8) is 0 Å². The molecule has 144 valence electrons. The highest BCUT2D eigenvalue weighted by Gasteiger charge is 2.24. The van der Waals surface area contributed by atoms with E-state index in [2.05, 4.69) is 31.9 Å². The van der Waals surface area contributed by atoms with E-state index >= 15 is 0 Å². The van der Waals surface area contributed by atoms with E-state index in [-0.39, 0.29) is 0 Å². The average molecular weight is 368 g/mol. The summed E-state index contributed by atoms with van der Waals surface area (Å²) in [5, 5.41) is 0. The molecule has 1 aromatic carbocycles. The standard InChI is InChI=1S/C21H28N4O2/c1-26-18-6-7-20(27-2)17(12-18)14-24-8-10-25(11-9-24)21-13-19(22-15-23-21)16-4-3-5-16/h6-7,12-13,15-16H,3-5,8-11,14H2,1-2H3. The van der Waals surface area contributed by atoms with Crippen LogP contribution < -0.4 is 14.4 Å². The molecule has 1 aliphatic heterocycles. The van der Waals surface area contributed by atoms with Gasteiger partial charge in [0, 0.05) is 56.0 Å². The molecule has 0 radical (unpaired) electrons. The molecule has 2 aliphatic rings. The SMILES string of the molecule is COc1ccc(OC)c(CN2CCN(c3cc(C4CCC4)ncn3)CC2)c1. The van der Waals surface area contributed by atoms with Crippen LogP contribution in [-0.2, 0) is 6.54 Å². The molecule has 6 heteroatoms. The van der Waals surface area contributed by atoms with Gasteiger partial charge in [-0.25, -0.2) is 9.97 Å². The molecular weight excluding hydrogens is 340 g/mol. The first kappa shape index (κ1) is 18.0. The van der Waals surface area contributed by atoms with Gasteiger partial charge in [0.05, 0.1) is 14.2 Å². The third-order valence-corrected chi connectivity index (χ3v) is 5.78. The molecule has 6 nitrogen and oxygen atoms in total. The summed E-state index contributed by atoms with van der Waals surface area (Å²) in [7, 11) is 3.42. The summed E-state index contributed by atoms with van der Waals surface area (Å²) < 4.78 is 10.9. The number of ether oxygens (including phenoxy) is 2. The Morgan fingerprint density at radius 2 is 1.81 bits per heavy atom. The van der Waals surface area contributed by atoms with Crippen molar-refractivity contribution >= 4 is 5.82 Å². The quantitative estimate of drug-likeness (QED) is 0.781. The first-order valence-corrected chi connectivity index (χ1v) is 9.77. The normalized spacial score (nSPS) is 18.2. The minimum absolute atomic E-state index is 0.647. The second-order valence-electron chi connectivity index (χ2n) is 7.37. The molecule has 0 N–H and O–H groups in total. The van der Waals surface area contributed by atoms with Crippen molar-refractivity contribution in [2.75, 3.05) is 45.3 Å². The van der Waals surface area contributed by atoms with Crippen LogP contribution in [0.3, 0.4) is 0 Å². The van der Waals surface area contributed by atoms with Gasteiger partial charge >= 0.3 is 0 Å². The zero-order chi connectivity index (χ0) is 18.6. The minimum Gasteiger partial charge on any atom is -0.497 e. The first-order valence-electron chi connectivity index (χ1n) is 9.77. The zero-order valence-electron chi connectivity index (χ0n) is 16.2. The lowest BCUT2D eigenvalue weighted by Crippen LogP contribution is -2.46. The van der Waals surface area contributed by atoms with E-state index < -0.39 is 0 Å². The van der Waals surface area contributed by atoms with Crippen LogP contribution in [0.4, 0.5) is 5.82 Å². The van der Waals surface area contributed by atoms with Crippen LogP contribution >= 0.6 is 0 Å². The van der Waals surface area contributed by atoms with Gasteiger partial charge in [-0.2, -0.15) is 0 Å². The largest absolute Gasteiger partial charge is 0.497 e. The van der Waals surface area contributed by atoms with Gasteiger partial charge in [0.15, 0.2) is 0 Å². The number of hydrogen-bond acceptors (Lipinski definition) is 6. The van der Waals surface area contributed by atoms with Crippen molar-refractivity contribution in [3.05, 3.63) is 41.9 Å².